The van der Waals surface area contributed by atoms with Crippen LogP contribution in [0, 0.1) is 0 Å². The Morgan fingerprint density at radius 2 is 2.31 bits per heavy atom. The number of carbonyl (C=O) groups is 1. The maximum atomic E-state index is 10.4. The zero-order valence-electron chi connectivity index (χ0n) is 7.78. The van der Waals surface area contributed by atoms with Crippen LogP contribution in [0.2, 0.25) is 0 Å². The molecule has 0 aromatic heterocycles. The van der Waals surface area contributed by atoms with Gasteiger partial charge in [0.1, 0.15) is 0 Å². The lowest BCUT2D eigenvalue weighted by molar-refractivity contribution is -0.132. The first-order chi connectivity index (χ1) is 6.11. The number of isocyanates is 1. The number of nitrogens with zero attached hydrogens (tertiary/aromatic N) is 1. The molecule has 1 unspecified atom stereocenters. The monoisotopic (exact) mass is 183 g/mol. The van der Waals surface area contributed by atoms with Crippen LogP contribution in [-0.4, -0.2) is 23.2 Å². The van der Waals surface area contributed by atoms with Crippen LogP contribution in [0.1, 0.15) is 26.7 Å². The first-order valence-corrected chi connectivity index (χ1v) is 4.08. The zero-order chi connectivity index (χ0) is 10.3. The molecule has 0 aliphatic heterocycles. The lowest BCUT2D eigenvalue weighted by Gasteiger charge is -2.02. The van der Waals surface area contributed by atoms with Crippen LogP contribution < -0.4 is 0 Å². The molecule has 72 valence electrons. The van der Waals surface area contributed by atoms with Crippen molar-refractivity contribution < 1.29 is 14.7 Å². The van der Waals surface area contributed by atoms with Gasteiger partial charge in [-0.25, -0.2) is 14.6 Å². The van der Waals surface area contributed by atoms with Gasteiger partial charge in [-0.1, -0.05) is 13.0 Å². The molecule has 0 radical (unpaired) electrons. The summed E-state index contributed by atoms with van der Waals surface area (Å²) in [6.45, 7) is 3.40. The minimum atomic E-state index is -0.940. The summed E-state index contributed by atoms with van der Waals surface area (Å²) in [5.41, 5.74) is 0.277. The number of aliphatic carboxylic acids is 1. The van der Waals surface area contributed by atoms with Crippen LogP contribution in [0.5, 0.6) is 0 Å². The normalized spacial score (nSPS) is 13.2. The molecule has 4 heteroatoms. The average molecular weight is 183 g/mol. The predicted octanol–water partition coefficient (Wildman–Crippen LogP) is 1.52. The van der Waals surface area contributed by atoms with Gasteiger partial charge in [-0.2, -0.15) is 0 Å². The highest BCUT2D eigenvalue weighted by molar-refractivity contribution is 5.85. The maximum absolute atomic E-state index is 10.4. The fourth-order valence-electron chi connectivity index (χ4n) is 0.785. The van der Waals surface area contributed by atoms with E-state index in [2.05, 4.69) is 4.99 Å². The Hall–Kier alpha value is -1.41. The van der Waals surface area contributed by atoms with Crippen molar-refractivity contribution in [2.45, 2.75) is 32.7 Å². The van der Waals surface area contributed by atoms with Gasteiger partial charge < -0.3 is 5.11 Å². The molecule has 0 spiro atoms. The number of hydrogen-bond donors (Lipinski definition) is 1. The molecule has 0 fully saturated rings. The van der Waals surface area contributed by atoms with Gasteiger partial charge in [0, 0.05) is 5.57 Å². The molecule has 0 amide bonds. The van der Waals surface area contributed by atoms with Gasteiger partial charge in [0.2, 0.25) is 6.08 Å². The predicted molar refractivity (Wildman–Crippen MR) is 48.2 cm³/mol. The van der Waals surface area contributed by atoms with Crippen molar-refractivity contribution in [2.75, 3.05) is 0 Å². The van der Waals surface area contributed by atoms with Crippen LogP contribution in [0.3, 0.4) is 0 Å². The molecular weight excluding hydrogens is 170 g/mol. The van der Waals surface area contributed by atoms with Gasteiger partial charge in [0.15, 0.2) is 0 Å². The molecule has 0 saturated carbocycles. The molecule has 0 heterocycles. The van der Waals surface area contributed by atoms with E-state index in [9.17, 15) is 9.59 Å². The highest BCUT2D eigenvalue weighted by atomic mass is 16.4. The van der Waals surface area contributed by atoms with Gasteiger partial charge in [-0.05, 0) is 19.8 Å². The Labute approximate surface area is 77.0 Å². The molecule has 4 nitrogen and oxygen atoms in total. The summed E-state index contributed by atoms with van der Waals surface area (Å²) in [4.78, 5) is 23.8. The molecule has 1 N–H and O–H groups in total. The minimum absolute atomic E-state index is 0.146. The minimum Gasteiger partial charge on any atom is -0.478 e. The summed E-state index contributed by atoms with van der Waals surface area (Å²) in [5.74, 6) is -0.940. The first-order valence-electron chi connectivity index (χ1n) is 4.08. The molecule has 0 bridgehead atoms. The van der Waals surface area contributed by atoms with Gasteiger partial charge >= 0.3 is 5.97 Å². The Bertz CT molecular complexity index is 252. The van der Waals surface area contributed by atoms with E-state index in [1.165, 1.54) is 13.0 Å². The lowest BCUT2D eigenvalue weighted by Crippen LogP contribution is -2.02. The summed E-state index contributed by atoms with van der Waals surface area (Å²) in [5, 5.41) is 8.52. The molecule has 0 aromatic carbocycles. The van der Waals surface area contributed by atoms with Crippen molar-refractivity contribution >= 4 is 12.0 Å². The van der Waals surface area contributed by atoms with Crippen molar-refractivity contribution in [3.8, 4) is 0 Å². The Morgan fingerprint density at radius 1 is 1.69 bits per heavy atom. The Balaban J connectivity index is 4.18. The van der Waals surface area contributed by atoms with Crippen molar-refractivity contribution in [3.63, 3.8) is 0 Å². The maximum Gasteiger partial charge on any atom is 0.330 e. The van der Waals surface area contributed by atoms with Crippen LogP contribution in [-0.2, 0) is 9.59 Å². The molecule has 0 aliphatic carbocycles. The third kappa shape index (κ3) is 4.93. The second-order valence-corrected chi connectivity index (χ2v) is 2.71. The molecule has 0 aliphatic rings. The topological polar surface area (TPSA) is 66.7 Å². The van der Waals surface area contributed by atoms with E-state index in [1.807, 2.05) is 6.92 Å². The van der Waals surface area contributed by atoms with E-state index in [0.29, 0.717) is 12.8 Å². The largest absolute Gasteiger partial charge is 0.478 e. The summed E-state index contributed by atoms with van der Waals surface area (Å²) in [6.07, 6.45) is 4.22. The second kappa shape index (κ2) is 6.14. The first kappa shape index (κ1) is 11.6. The number of carboxylic acid groups (broad SMARTS) is 1. The van der Waals surface area contributed by atoms with E-state index in [0.717, 1.165) is 0 Å². The van der Waals surface area contributed by atoms with Gasteiger partial charge in [0.25, 0.3) is 0 Å². The van der Waals surface area contributed by atoms with E-state index < -0.39 is 5.97 Å². The number of carboxylic acids is 1. The van der Waals surface area contributed by atoms with Crippen molar-refractivity contribution in [2.24, 2.45) is 4.99 Å². The van der Waals surface area contributed by atoms with Crippen LogP contribution in [0.4, 0.5) is 0 Å². The van der Waals surface area contributed by atoms with Gasteiger partial charge in [0.05, 0.1) is 6.04 Å². The quantitative estimate of drug-likeness (QED) is 0.399. The van der Waals surface area contributed by atoms with Gasteiger partial charge in [-0.15, -0.1) is 0 Å². The van der Waals surface area contributed by atoms with Crippen LogP contribution >= 0.6 is 0 Å². The summed E-state index contributed by atoms with van der Waals surface area (Å²) >= 11 is 0. The number of aliphatic imine (C=N–C) groups is 1. The summed E-state index contributed by atoms with van der Waals surface area (Å²) in [7, 11) is 0. The number of rotatable bonds is 5. The van der Waals surface area contributed by atoms with E-state index in [-0.39, 0.29) is 11.6 Å². The van der Waals surface area contributed by atoms with Crippen LogP contribution in [0.25, 0.3) is 0 Å². The third-order valence-corrected chi connectivity index (χ3v) is 1.74. The lowest BCUT2D eigenvalue weighted by atomic mass is 10.1. The zero-order valence-corrected chi connectivity index (χ0v) is 7.78. The van der Waals surface area contributed by atoms with Gasteiger partial charge in [-0.3, -0.25) is 0 Å². The van der Waals surface area contributed by atoms with E-state index in [4.69, 9.17) is 5.11 Å². The Morgan fingerprint density at radius 3 is 2.69 bits per heavy atom. The summed E-state index contributed by atoms with van der Waals surface area (Å²) in [6, 6.07) is -0.146. The van der Waals surface area contributed by atoms with E-state index in [1.54, 1.807) is 6.08 Å². The molecule has 0 rings (SSSR count). The van der Waals surface area contributed by atoms with E-state index >= 15 is 0 Å². The second-order valence-electron chi connectivity index (χ2n) is 2.71. The molecule has 1 atom stereocenters. The average Bonchev–Trinajstić information content (AvgIpc) is 2.11. The van der Waals surface area contributed by atoms with Crippen molar-refractivity contribution in [1.29, 1.82) is 0 Å². The number of carbonyl (C=O) groups excluding carboxylic acids is 1. The smallest absolute Gasteiger partial charge is 0.330 e. The fourth-order valence-corrected chi connectivity index (χ4v) is 0.785. The molecule has 0 saturated heterocycles. The van der Waals surface area contributed by atoms with Crippen LogP contribution in [0.15, 0.2) is 16.6 Å². The highest BCUT2D eigenvalue weighted by Gasteiger charge is 2.04. The molecule has 13 heavy (non-hydrogen) atoms. The third-order valence-electron chi connectivity index (χ3n) is 1.74. The number of hydrogen-bond acceptors (Lipinski definition) is 3. The Kier molecular flexibility index (Phi) is 5.48. The van der Waals surface area contributed by atoms with Crippen molar-refractivity contribution in [3.05, 3.63) is 11.6 Å². The van der Waals surface area contributed by atoms with Crippen molar-refractivity contribution in [1.82, 2.24) is 0 Å². The SMILES string of the molecule is CCC(CC=C(C)C(=O)O)N=C=O. The standard InChI is InChI=1S/C9H13NO3/c1-3-8(10-6-11)5-4-7(2)9(12)13/h4,8H,3,5H2,1-2H3,(H,12,13). The fraction of sp³-hybridized carbons (Fsp3) is 0.556. The highest BCUT2D eigenvalue weighted by Crippen LogP contribution is 2.05. The summed E-state index contributed by atoms with van der Waals surface area (Å²) < 4.78 is 0. The molecule has 0 aromatic rings. The molecular formula is C9H13NO3.